The summed E-state index contributed by atoms with van der Waals surface area (Å²) in [5.41, 5.74) is 7.95. The molecule has 200 valence electrons. The molecule has 2 atom stereocenters. The Hall–Kier alpha value is -4.12. The van der Waals surface area contributed by atoms with Gasteiger partial charge in [-0.3, -0.25) is 4.79 Å². The largest absolute Gasteiger partial charge is 0.416 e. The maximum atomic E-state index is 15.5. The quantitative estimate of drug-likeness (QED) is 0.337. The molecule has 0 bridgehead atoms. The van der Waals surface area contributed by atoms with E-state index in [1.54, 1.807) is 13.0 Å². The van der Waals surface area contributed by atoms with Crippen molar-refractivity contribution in [3.8, 4) is 0 Å². The second-order valence-electron chi connectivity index (χ2n) is 9.76. The van der Waals surface area contributed by atoms with Crippen LogP contribution < -0.4 is 5.73 Å². The molecule has 2 unspecified atom stereocenters. The lowest BCUT2D eigenvalue weighted by Crippen LogP contribution is -2.37. The minimum absolute atomic E-state index is 0.189. The zero-order valence-electron chi connectivity index (χ0n) is 20.8. The number of aromatic nitrogens is 3. The van der Waals surface area contributed by atoms with Crippen LogP contribution in [0.5, 0.6) is 0 Å². The Morgan fingerprint density at radius 1 is 1.13 bits per heavy atom. The molecule has 2 aromatic heterocycles. The zero-order chi connectivity index (χ0) is 27.5. The summed E-state index contributed by atoms with van der Waals surface area (Å²) in [4.78, 5) is 28.5. The van der Waals surface area contributed by atoms with Gasteiger partial charge in [0.2, 0.25) is 0 Å². The molecule has 6 rings (SSSR count). The molecule has 39 heavy (non-hydrogen) atoms. The lowest BCUT2D eigenvalue weighted by Gasteiger charge is -2.34. The Bertz CT molecular complexity index is 1610. The molecule has 7 nitrogen and oxygen atoms in total. The van der Waals surface area contributed by atoms with Crippen LogP contribution in [0.3, 0.4) is 0 Å². The Morgan fingerprint density at radius 2 is 1.87 bits per heavy atom. The van der Waals surface area contributed by atoms with Crippen molar-refractivity contribution in [3.63, 3.8) is 0 Å². The number of nitrogens with two attached hydrogens (primary N) is 1. The molecule has 4 aromatic rings. The van der Waals surface area contributed by atoms with Gasteiger partial charge >= 0.3 is 6.18 Å². The Morgan fingerprint density at radius 3 is 2.62 bits per heavy atom. The number of benzene rings is 2. The predicted octanol–water partition coefficient (Wildman–Crippen LogP) is 5.69. The number of hydrogen-bond donors (Lipinski definition) is 1. The number of amides is 1. The van der Waals surface area contributed by atoms with E-state index in [1.807, 2.05) is 0 Å². The van der Waals surface area contributed by atoms with E-state index in [4.69, 9.17) is 10.5 Å². The van der Waals surface area contributed by atoms with Crippen LogP contribution in [0.25, 0.3) is 10.9 Å². The lowest BCUT2D eigenvalue weighted by atomic mass is 9.99. The zero-order valence-corrected chi connectivity index (χ0v) is 20.8. The number of nitrogens with zero attached hydrogens (tertiary/aromatic N) is 4. The summed E-state index contributed by atoms with van der Waals surface area (Å²) in [6.45, 7) is 2.26. The summed E-state index contributed by atoms with van der Waals surface area (Å²) in [5.74, 6) is -0.825. The molecule has 1 amide bonds. The molecular formula is C28H23F4N5O2. The van der Waals surface area contributed by atoms with Crippen molar-refractivity contribution in [2.24, 2.45) is 0 Å². The average molecular weight is 538 g/mol. The first-order valence-corrected chi connectivity index (χ1v) is 12.4. The first-order valence-electron chi connectivity index (χ1n) is 12.4. The molecule has 3 heterocycles. The number of alkyl halides is 3. The molecule has 0 saturated heterocycles. The minimum atomic E-state index is -4.48. The van der Waals surface area contributed by atoms with Crippen molar-refractivity contribution in [1.29, 1.82) is 0 Å². The molecule has 1 aliphatic carbocycles. The molecular weight excluding hydrogens is 514 g/mol. The van der Waals surface area contributed by atoms with E-state index in [9.17, 15) is 18.0 Å². The second kappa shape index (κ2) is 9.26. The number of aryl methyl sites for hydroxylation is 1. The number of halogens is 4. The highest BCUT2D eigenvalue weighted by Crippen LogP contribution is 2.43. The van der Waals surface area contributed by atoms with Gasteiger partial charge in [0.1, 0.15) is 17.5 Å². The number of ether oxygens (including phenoxy) is 1. The van der Waals surface area contributed by atoms with Crippen LogP contribution in [0.1, 0.15) is 69.4 Å². The average Bonchev–Trinajstić information content (AvgIpc) is 3.57. The van der Waals surface area contributed by atoms with Crippen molar-refractivity contribution < 1.29 is 27.1 Å². The first-order chi connectivity index (χ1) is 18.6. The Kier molecular flexibility index (Phi) is 5.98. The van der Waals surface area contributed by atoms with E-state index in [1.165, 1.54) is 35.5 Å². The molecule has 0 radical (unpaired) electrons. The Labute approximate surface area is 220 Å². The molecule has 11 heteroatoms. The normalized spacial score (nSPS) is 17.2. The molecule has 0 saturated carbocycles. The summed E-state index contributed by atoms with van der Waals surface area (Å²) in [5, 5.41) is 0.562. The highest BCUT2D eigenvalue weighted by molar-refractivity contribution is 6.00. The summed E-state index contributed by atoms with van der Waals surface area (Å²) >= 11 is 0. The number of rotatable bonds is 4. The van der Waals surface area contributed by atoms with Crippen LogP contribution >= 0.6 is 0 Å². The maximum Gasteiger partial charge on any atom is 0.416 e. The van der Waals surface area contributed by atoms with Crippen LogP contribution in [0.2, 0.25) is 0 Å². The van der Waals surface area contributed by atoms with Gasteiger partial charge in [0.25, 0.3) is 5.91 Å². The number of anilines is 1. The lowest BCUT2D eigenvalue weighted by molar-refractivity contribution is -0.137. The van der Waals surface area contributed by atoms with E-state index in [0.717, 1.165) is 17.7 Å². The van der Waals surface area contributed by atoms with Gasteiger partial charge in [-0.05, 0) is 60.7 Å². The summed E-state index contributed by atoms with van der Waals surface area (Å²) < 4.78 is 61.1. The first kappa shape index (κ1) is 25.2. The predicted molar refractivity (Wildman–Crippen MR) is 134 cm³/mol. The van der Waals surface area contributed by atoms with E-state index in [2.05, 4.69) is 15.0 Å². The maximum absolute atomic E-state index is 15.5. The van der Waals surface area contributed by atoms with Crippen molar-refractivity contribution in [3.05, 3.63) is 93.8 Å². The summed E-state index contributed by atoms with van der Waals surface area (Å²) in [6, 6.07) is 6.50. The second-order valence-corrected chi connectivity index (χ2v) is 9.76. The van der Waals surface area contributed by atoms with E-state index in [0.29, 0.717) is 46.3 Å². The molecule has 0 fully saturated rings. The van der Waals surface area contributed by atoms with Gasteiger partial charge in [-0.2, -0.15) is 13.2 Å². The van der Waals surface area contributed by atoms with Crippen LogP contribution in [0, 0.1) is 5.82 Å². The van der Waals surface area contributed by atoms with Crippen molar-refractivity contribution in [1.82, 2.24) is 19.9 Å². The number of hydrogen-bond acceptors (Lipinski definition) is 6. The minimum Gasteiger partial charge on any atom is -0.383 e. The number of carbonyl (C=O) groups is 1. The third kappa shape index (κ3) is 4.26. The van der Waals surface area contributed by atoms with Crippen LogP contribution in [0.15, 0.2) is 48.8 Å². The van der Waals surface area contributed by atoms with Crippen LogP contribution in [-0.4, -0.2) is 25.8 Å². The van der Waals surface area contributed by atoms with E-state index in [-0.39, 0.29) is 24.6 Å². The van der Waals surface area contributed by atoms with Gasteiger partial charge in [-0.25, -0.2) is 19.3 Å². The highest BCUT2D eigenvalue weighted by Gasteiger charge is 2.39. The smallest absolute Gasteiger partial charge is 0.383 e. The number of carbonyl (C=O) groups excluding carboxylic acids is 1. The van der Waals surface area contributed by atoms with E-state index >= 15 is 4.39 Å². The SMILES string of the molecule is CC(c1ncccn1)N(C(=O)c1cc2c3c(c(N)nc2cc1F)COC3)C1CCc2cc(C(F)(F)F)ccc21. The van der Waals surface area contributed by atoms with Gasteiger partial charge in [0, 0.05) is 29.4 Å². The monoisotopic (exact) mass is 537 g/mol. The number of fused-ring (bicyclic) bond motifs is 4. The van der Waals surface area contributed by atoms with Gasteiger partial charge in [0.15, 0.2) is 0 Å². The molecule has 2 aromatic carbocycles. The molecule has 0 spiro atoms. The standard InChI is InChI=1S/C28H23F4N5O2/c1-14(26-34-7-2-8-35-26)37(24-6-3-15-9-16(28(30,31)32)4-5-17(15)24)27(38)19-10-18-20-12-39-13-21(20)25(33)36-23(18)11-22(19)29/h2,4-5,7-11,14,24H,3,6,12-13H2,1H3,(H2,33,36). The van der Waals surface area contributed by atoms with Crippen molar-refractivity contribution >= 4 is 22.6 Å². The topological polar surface area (TPSA) is 94.2 Å². The van der Waals surface area contributed by atoms with E-state index < -0.39 is 35.5 Å². The number of pyridine rings is 1. The van der Waals surface area contributed by atoms with Crippen LogP contribution in [0.4, 0.5) is 23.4 Å². The van der Waals surface area contributed by atoms with Gasteiger partial charge in [0.05, 0.1) is 41.9 Å². The van der Waals surface area contributed by atoms with Crippen molar-refractivity contribution in [2.45, 2.75) is 51.2 Å². The fraction of sp³-hybridized carbons (Fsp3) is 0.286. The molecule has 2 aliphatic rings. The number of nitrogen functional groups attached to an aromatic ring is 1. The van der Waals surface area contributed by atoms with Crippen molar-refractivity contribution in [2.75, 3.05) is 5.73 Å². The summed E-state index contributed by atoms with van der Waals surface area (Å²) in [7, 11) is 0. The summed E-state index contributed by atoms with van der Waals surface area (Å²) in [6.07, 6.45) is -0.699. The fourth-order valence-electron chi connectivity index (χ4n) is 5.59. The molecule has 2 N–H and O–H groups in total. The fourth-order valence-corrected chi connectivity index (χ4v) is 5.59. The van der Waals surface area contributed by atoms with Gasteiger partial charge < -0.3 is 15.4 Å². The third-order valence-electron chi connectivity index (χ3n) is 7.51. The van der Waals surface area contributed by atoms with Gasteiger partial charge in [-0.15, -0.1) is 0 Å². The Balaban J connectivity index is 1.47. The van der Waals surface area contributed by atoms with Crippen LogP contribution in [-0.2, 0) is 30.5 Å². The van der Waals surface area contributed by atoms with Gasteiger partial charge in [-0.1, -0.05) is 6.07 Å². The third-order valence-corrected chi connectivity index (χ3v) is 7.51. The molecule has 1 aliphatic heterocycles. The highest BCUT2D eigenvalue weighted by atomic mass is 19.4.